The van der Waals surface area contributed by atoms with E-state index >= 15 is 0 Å². The topological polar surface area (TPSA) is 73.1 Å². The number of amides is 1. The van der Waals surface area contributed by atoms with Gasteiger partial charge in [-0.25, -0.2) is 5.43 Å². The lowest BCUT2D eigenvalue weighted by molar-refractivity contribution is 0.0929. The first-order chi connectivity index (χ1) is 15.9. The number of benzene rings is 3. The van der Waals surface area contributed by atoms with Gasteiger partial charge in [0, 0.05) is 20.4 Å². The normalized spacial score (nSPS) is 11.2. The maximum Gasteiger partial charge on any atom is 0.307 e. The Kier molecular flexibility index (Phi) is 7.23. The molecular formula is C24H17BrCl2N2O4. The number of methoxy groups -OCH3 is 1. The van der Waals surface area contributed by atoms with Gasteiger partial charge < -0.3 is 13.9 Å². The van der Waals surface area contributed by atoms with Gasteiger partial charge in [-0.1, -0.05) is 57.3 Å². The highest BCUT2D eigenvalue weighted by molar-refractivity contribution is 9.10. The molecule has 0 atom stereocenters. The zero-order chi connectivity index (χ0) is 23.4. The molecule has 0 aliphatic carbocycles. The number of hydrogen-bond acceptors (Lipinski definition) is 5. The van der Waals surface area contributed by atoms with Gasteiger partial charge in [0.25, 0.3) is 0 Å². The number of halogens is 3. The molecule has 0 radical (unpaired) electrons. The van der Waals surface area contributed by atoms with Crippen molar-refractivity contribution in [2.45, 2.75) is 6.61 Å². The van der Waals surface area contributed by atoms with Gasteiger partial charge in [-0.2, -0.15) is 5.10 Å². The van der Waals surface area contributed by atoms with Crippen LogP contribution in [-0.2, 0) is 6.61 Å². The molecule has 168 valence electrons. The van der Waals surface area contributed by atoms with E-state index in [-0.39, 0.29) is 12.4 Å². The Morgan fingerprint density at radius 1 is 1.12 bits per heavy atom. The van der Waals surface area contributed by atoms with Gasteiger partial charge in [0.05, 0.1) is 18.3 Å². The summed E-state index contributed by atoms with van der Waals surface area (Å²) in [4.78, 5) is 12.4. The minimum absolute atomic E-state index is 0.152. The average Bonchev–Trinajstić information content (AvgIpc) is 3.22. The van der Waals surface area contributed by atoms with Crippen molar-refractivity contribution >= 4 is 62.2 Å². The Hall–Kier alpha value is -3.00. The quantitative estimate of drug-likeness (QED) is 0.203. The second-order valence-electron chi connectivity index (χ2n) is 6.91. The van der Waals surface area contributed by atoms with Gasteiger partial charge in [-0.15, -0.1) is 0 Å². The summed E-state index contributed by atoms with van der Waals surface area (Å²) < 4.78 is 17.7. The van der Waals surface area contributed by atoms with Crippen LogP contribution in [0.5, 0.6) is 11.5 Å². The standard InChI is InChI=1S/C24H17BrCl2N2O4/c1-31-21-9-14(8-19(27)23(21)32-13-15-4-2-3-5-18(15)26)12-28-29-24(30)22-11-16-10-17(25)6-7-20(16)33-22/h2-12H,13H2,1H3,(H,29,30)/b28-12+. The third-order valence-corrected chi connectivity index (χ3v) is 5.81. The van der Waals surface area contributed by atoms with E-state index in [0.717, 1.165) is 15.4 Å². The smallest absolute Gasteiger partial charge is 0.307 e. The van der Waals surface area contributed by atoms with Crippen molar-refractivity contribution in [3.63, 3.8) is 0 Å². The molecule has 1 aromatic heterocycles. The van der Waals surface area contributed by atoms with Crippen molar-refractivity contribution < 1.29 is 18.7 Å². The summed E-state index contributed by atoms with van der Waals surface area (Å²) in [5, 5.41) is 5.73. The van der Waals surface area contributed by atoms with Gasteiger partial charge in [-0.3, -0.25) is 4.79 Å². The molecule has 1 N–H and O–H groups in total. The molecule has 0 unspecified atom stereocenters. The van der Waals surface area contributed by atoms with Crippen LogP contribution < -0.4 is 14.9 Å². The monoisotopic (exact) mass is 546 g/mol. The molecule has 0 aliphatic rings. The lowest BCUT2D eigenvalue weighted by atomic mass is 10.2. The number of nitrogens with zero attached hydrogens (tertiary/aromatic N) is 1. The van der Waals surface area contributed by atoms with E-state index in [1.54, 1.807) is 30.3 Å². The van der Waals surface area contributed by atoms with E-state index in [0.29, 0.717) is 32.7 Å². The molecule has 1 amide bonds. The summed E-state index contributed by atoms with van der Waals surface area (Å²) in [6, 6.07) is 17.9. The van der Waals surface area contributed by atoms with Crippen LogP contribution in [0.4, 0.5) is 0 Å². The number of furan rings is 1. The summed E-state index contributed by atoms with van der Waals surface area (Å²) in [7, 11) is 1.51. The summed E-state index contributed by atoms with van der Waals surface area (Å²) in [5.41, 5.74) is 4.48. The van der Waals surface area contributed by atoms with Crippen molar-refractivity contribution in [1.82, 2.24) is 5.43 Å². The first-order valence-electron chi connectivity index (χ1n) is 9.71. The Labute approximate surface area is 208 Å². The predicted octanol–water partition coefficient (Wildman–Crippen LogP) is 6.85. The zero-order valence-electron chi connectivity index (χ0n) is 17.3. The van der Waals surface area contributed by atoms with Crippen molar-refractivity contribution in [2.24, 2.45) is 5.10 Å². The SMILES string of the molecule is COc1cc(/C=N/NC(=O)c2cc3cc(Br)ccc3o2)cc(Cl)c1OCc1ccccc1Cl. The summed E-state index contributed by atoms with van der Waals surface area (Å²) in [6.07, 6.45) is 1.45. The Balaban J connectivity index is 1.45. The molecule has 3 aromatic carbocycles. The maximum absolute atomic E-state index is 12.4. The summed E-state index contributed by atoms with van der Waals surface area (Å²) in [5.74, 6) is 0.481. The lowest BCUT2D eigenvalue weighted by Crippen LogP contribution is -2.16. The van der Waals surface area contributed by atoms with E-state index in [1.807, 2.05) is 30.3 Å². The molecule has 6 nitrogen and oxygen atoms in total. The molecule has 0 fully saturated rings. The van der Waals surface area contributed by atoms with Crippen LogP contribution in [-0.4, -0.2) is 19.2 Å². The van der Waals surface area contributed by atoms with Crippen LogP contribution >= 0.6 is 39.1 Å². The van der Waals surface area contributed by atoms with Crippen molar-refractivity contribution in [3.8, 4) is 11.5 Å². The number of hydrogen-bond donors (Lipinski definition) is 1. The van der Waals surface area contributed by atoms with Gasteiger partial charge in [0.15, 0.2) is 17.3 Å². The van der Waals surface area contributed by atoms with Gasteiger partial charge in [0.2, 0.25) is 0 Å². The average molecular weight is 548 g/mol. The van der Waals surface area contributed by atoms with E-state index < -0.39 is 5.91 Å². The second-order valence-corrected chi connectivity index (χ2v) is 8.64. The molecule has 4 aromatic rings. The van der Waals surface area contributed by atoms with Crippen molar-refractivity contribution in [3.05, 3.63) is 92.1 Å². The number of rotatable bonds is 7. The molecule has 1 heterocycles. The van der Waals surface area contributed by atoms with Crippen LogP contribution in [0.1, 0.15) is 21.7 Å². The van der Waals surface area contributed by atoms with Crippen LogP contribution in [0.3, 0.4) is 0 Å². The first-order valence-corrected chi connectivity index (χ1v) is 11.3. The maximum atomic E-state index is 12.4. The van der Waals surface area contributed by atoms with Crippen LogP contribution in [0, 0.1) is 0 Å². The van der Waals surface area contributed by atoms with E-state index in [9.17, 15) is 4.79 Å². The molecular weight excluding hydrogens is 531 g/mol. The highest BCUT2D eigenvalue weighted by Gasteiger charge is 2.14. The molecule has 4 rings (SSSR count). The molecule has 0 spiro atoms. The van der Waals surface area contributed by atoms with Crippen LogP contribution in [0.2, 0.25) is 10.0 Å². The molecule has 0 aliphatic heterocycles. The largest absolute Gasteiger partial charge is 0.493 e. The highest BCUT2D eigenvalue weighted by Crippen LogP contribution is 2.37. The molecule has 0 saturated carbocycles. The van der Waals surface area contributed by atoms with Gasteiger partial charge in [-0.05, 0) is 48.0 Å². The number of nitrogens with one attached hydrogen (secondary N) is 1. The third-order valence-electron chi connectivity index (χ3n) is 4.66. The number of fused-ring (bicyclic) bond motifs is 1. The molecule has 33 heavy (non-hydrogen) atoms. The molecule has 9 heteroatoms. The predicted molar refractivity (Wildman–Crippen MR) is 133 cm³/mol. The van der Waals surface area contributed by atoms with E-state index in [1.165, 1.54) is 13.3 Å². The van der Waals surface area contributed by atoms with Gasteiger partial charge >= 0.3 is 5.91 Å². The molecule has 0 saturated heterocycles. The van der Waals surface area contributed by atoms with Crippen molar-refractivity contribution in [1.29, 1.82) is 0 Å². The van der Waals surface area contributed by atoms with Crippen LogP contribution in [0.25, 0.3) is 11.0 Å². The number of carbonyl (C=O) groups excluding carboxylic acids is 1. The Bertz CT molecular complexity index is 1350. The number of ether oxygens (including phenoxy) is 2. The highest BCUT2D eigenvalue weighted by atomic mass is 79.9. The lowest BCUT2D eigenvalue weighted by Gasteiger charge is -2.14. The van der Waals surface area contributed by atoms with E-state index in [4.69, 9.17) is 37.1 Å². The first kappa shape index (κ1) is 23.2. The fraction of sp³-hybridized carbons (Fsp3) is 0.0833. The molecule has 0 bridgehead atoms. The third kappa shape index (κ3) is 5.50. The fourth-order valence-corrected chi connectivity index (χ4v) is 3.91. The second kappa shape index (κ2) is 10.3. The Morgan fingerprint density at radius 3 is 2.73 bits per heavy atom. The van der Waals surface area contributed by atoms with E-state index in [2.05, 4.69) is 26.5 Å². The van der Waals surface area contributed by atoms with Gasteiger partial charge in [0.1, 0.15) is 12.2 Å². The summed E-state index contributed by atoms with van der Waals surface area (Å²) >= 11 is 16.0. The van der Waals surface area contributed by atoms with Crippen molar-refractivity contribution in [2.75, 3.05) is 7.11 Å². The van der Waals surface area contributed by atoms with Crippen LogP contribution in [0.15, 0.2) is 74.7 Å². The number of carbonyl (C=O) groups is 1. The fourth-order valence-electron chi connectivity index (χ4n) is 3.07. The number of hydrazone groups is 1. The minimum atomic E-state index is -0.476. The Morgan fingerprint density at radius 2 is 1.94 bits per heavy atom. The zero-order valence-corrected chi connectivity index (χ0v) is 20.4. The minimum Gasteiger partial charge on any atom is -0.493 e. The summed E-state index contributed by atoms with van der Waals surface area (Å²) in [6.45, 7) is 0.229.